The maximum atomic E-state index is 11.3. The molecule has 2 amide bonds. The van der Waals surface area contributed by atoms with Gasteiger partial charge in [-0.3, -0.25) is 0 Å². The second-order valence-electron chi connectivity index (χ2n) is 4.08. The van der Waals surface area contributed by atoms with Crippen LogP contribution >= 0.6 is 0 Å². The van der Waals surface area contributed by atoms with Crippen LogP contribution in [0, 0.1) is 12.3 Å². The third kappa shape index (κ3) is 3.10. The van der Waals surface area contributed by atoms with Gasteiger partial charge in [0.25, 0.3) is 0 Å². The van der Waals surface area contributed by atoms with Gasteiger partial charge in [-0.05, 0) is 18.2 Å². The van der Waals surface area contributed by atoms with E-state index in [9.17, 15) is 4.79 Å². The number of rotatable bonds is 5. The Kier molecular flexibility index (Phi) is 4.14. The average Bonchev–Trinajstić information content (AvgIpc) is 2.84. The largest absolute Gasteiger partial charge is 0.493 e. The quantitative estimate of drug-likeness (QED) is 0.806. The minimum atomic E-state index is -0.0433. The van der Waals surface area contributed by atoms with Gasteiger partial charge in [0.2, 0.25) is 0 Å². The van der Waals surface area contributed by atoms with E-state index in [4.69, 9.17) is 15.9 Å². The third-order valence-electron chi connectivity index (χ3n) is 2.89. The monoisotopic (exact) mass is 260 g/mol. The van der Waals surface area contributed by atoms with E-state index in [1.54, 1.807) is 30.2 Å². The molecule has 19 heavy (non-hydrogen) atoms. The van der Waals surface area contributed by atoms with Crippen molar-refractivity contribution in [2.24, 2.45) is 0 Å². The van der Waals surface area contributed by atoms with Crippen molar-refractivity contribution in [1.29, 1.82) is 0 Å². The first-order valence-corrected chi connectivity index (χ1v) is 6.05. The van der Waals surface area contributed by atoms with Gasteiger partial charge in [0.1, 0.15) is 6.61 Å². The number of ether oxygens (including phenoxy) is 2. The van der Waals surface area contributed by atoms with Gasteiger partial charge < -0.3 is 19.7 Å². The lowest BCUT2D eigenvalue weighted by molar-refractivity contribution is 0.201. The smallest absolute Gasteiger partial charge is 0.317 e. The number of benzene rings is 1. The summed E-state index contributed by atoms with van der Waals surface area (Å²) in [6, 6.07) is 5.27. The van der Waals surface area contributed by atoms with E-state index >= 15 is 0 Å². The molecule has 0 spiro atoms. The molecule has 1 aromatic rings. The summed E-state index contributed by atoms with van der Waals surface area (Å²) in [4.78, 5) is 13.0. The molecule has 1 heterocycles. The van der Waals surface area contributed by atoms with Crippen LogP contribution in [0.1, 0.15) is 5.56 Å². The molecule has 0 radical (unpaired) electrons. The summed E-state index contributed by atoms with van der Waals surface area (Å²) in [5.74, 6) is 3.76. The molecule has 0 aliphatic carbocycles. The van der Waals surface area contributed by atoms with Gasteiger partial charge in [-0.25, -0.2) is 4.79 Å². The molecule has 1 saturated heterocycles. The standard InChI is InChI=1S/C14H16N2O3/c1-3-11-4-5-12(13(10-11)18-2)19-9-8-16-7-6-15-14(16)17/h1,4-5,10H,6-9H2,2H3,(H,15,17). The number of methoxy groups -OCH3 is 1. The molecule has 1 N–H and O–H groups in total. The van der Waals surface area contributed by atoms with Crippen molar-refractivity contribution in [2.45, 2.75) is 0 Å². The second kappa shape index (κ2) is 6.01. The number of hydrogen-bond acceptors (Lipinski definition) is 3. The lowest BCUT2D eigenvalue weighted by Crippen LogP contribution is -2.31. The molecule has 0 atom stereocenters. The van der Waals surface area contributed by atoms with Crippen molar-refractivity contribution in [3.63, 3.8) is 0 Å². The Hall–Kier alpha value is -2.35. The van der Waals surface area contributed by atoms with Crippen molar-refractivity contribution in [3.05, 3.63) is 23.8 Å². The number of carbonyl (C=O) groups is 1. The third-order valence-corrected chi connectivity index (χ3v) is 2.89. The molecule has 0 aromatic heterocycles. The van der Waals surface area contributed by atoms with Crippen molar-refractivity contribution >= 4 is 6.03 Å². The summed E-state index contributed by atoms with van der Waals surface area (Å²) < 4.78 is 10.8. The van der Waals surface area contributed by atoms with Crippen molar-refractivity contribution in [3.8, 4) is 23.8 Å². The maximum absolute atomic E-state index is 11.3. The predicted molar refractivity (Wildman–Crippen MR) is 71.4 cm³/mol. The van der Waals surface area contributed by atoms with E-state index in [0.29, 0.717) is 31.2 Å². The first-order valence-electron chi connectivity index (χ1n) is 6.05. The molecule has 5 heteroatoms. The number of amides is 2. The normalized spacial score (nSPS) is 13.9. The van der Waals surface area contributed by atoms with E-state index < -0.39 is 0 Å². The van der Waals surface area contributed by atoms with Crippen LogP contribution in [-0.4, -0.2) is 44.3 Å². The Morgan fingerprint density at radius 3 is 2.95 bits per heavy atom. The lowest BCUT2D eigenvalue weighted by atomic mass is 10.2. The highest BCUT2D eigenvalue weighted by atomic mass is 16.5. The van der Waals surface area contributed by atoms with Gasteiger partial charge in [0, 0.05) is 18.7 Å². The van der Waals surface area contributed by atoms with Crippen LogP contribution in [0.4, 0.5) is 4.79 Å². The highest BCUT2D eigenvalue weighted by Crippen LogP contribution is 2.27. The highest BCUT2D eigenvalue weighted by Gasteiger charge is 2.18. The van der Waals surface area contributed by atoms with E-state index in [1.807, 2.05) is 0 Å². The molecule has 1 aliphatic heterocycles. The topological polar surface area (TPSA) is 50.8 Å². The minimum Gasteiger partial charge on any atom is -0.493 e. The van der Waals surface area contributed by atoms with Crippen molar-refractivity contribution in [2.75, 3.05) is 33.4 Å². The summed E-state index contributed by atoms with van der Waals surface area (Å²) in [7, 11) is 1.57. The number of carbonyl (C=O) groups excluding carboxylic acids is 1. The van der Waals surface area contributed by atoms with Gasteiger partial charge in [-0.15, -0.1) is 6.42 Å². The fourth-order valence-corrected chi connectivity index (χ4v) is 1.87. The van der Waals surface area contributed by atoms with Crippen LogP contribution < -0.4 is 14.8 Å². The fraction of sp³-hybridized carbons (Fsp3) is 0.357. The molecule has 1 aromatic carbocycles. The van der Waals surface area contributed by atoms with Crippen LogP contribution in [0.2, 0.25) is 0 Å². The molecule has 1 aliphatic rings. The SMILES string of the molecule is C#Cc1ccc(OCCN2CCNC2=O)c(OC)c1. The van der Waals surface area contributed by atoms with E-state index in [-0.39, 0.29) is 6.03 Å². The number of nitrogens with one attached hydrogen (secondary N) is 1. The van der Waals surface area contributed by atoms with E-state index in [0.717, 1.165) is 12.1 Å². The summed E-state index contributed by atoms with van der Waals surface area (Å²) >= 11 is 0. The number of nitrogens with zero attached hydrogens (tertiary/aromatic N) is 1. The zero-order valence-electron chi connectivity index (χ0n) is 10.8. The number of urea groups is 1. The predicted octanol–water partition coefficient (Wildman–Crippen LogP) is 1.08. The van der Waals surface area contributed by atoms with Gasteiger partial charge in [0.05, 0.1) is 13.7 Å². The number of terminal acetylenes is 1. The van der Waals surface area contributed by atoms with Crippen LogP contribution in [0.5, 0.6) is 11.5 Å². The van der Waals surface area contributed by atoms with Crippen LogP contribution in [0.25, 0.3) is 0 Å². The summed E-state index contributed by atoms with van der Waals surface area (Å²) in [6.45, 7) is 2.37. The van der Waals surface area contributed by atoms with Crippen molar-refractivity contribution in [1.82, 2.24) is 10.2 Å². The Balaban J connectivity index is 1.92. The molecular weight excluding hydrogens is 244 g/mol. The first kappa shape index (κ1) is 13.1. The summed E-state index contributed by atoms with van der Waals surface area (Å²) in [5, 5.41) is 2.74. The van der Waals surface area contributed by atoms with Crippen LogP contribution in [0.15, 0.2) is 18.2 Å². The van der Waals surface area contributed by atoms with Crippen molar-refractivity contribution < 1.29 is 14.3 Å². The second-order valence-corrected chi connectivity index (χ2v) is 4.08. The van der Waals surface area contributed by atoms with Gasteiger partial charge in [-0.2, -0.15) is 0 Å². The Labute approximate surface area is 112 Å². The summed E-state index contributed by atoms with van der Waals surface area (Å²) in [5.41, 5.74) is 0.739. The average molecular weight is 260 g/mol. The van der Waals surface area contributed by atoms with Gasteiger partial charge in [-0.1, -0.05) is 5.92 Å². The molecule has 0 unspecified atom stereocenters. The Morgan fingerprint density at radius 2 is 2.32 bits per heavy atom. The zero-order valence-corrected chi connectivity index (χ0v) is 10.8. The van der Waals surface area contributed by atoms with Crippen LogP contribution in [0.3, 0.4) is 0 Å². The highest BCUT2D eigenvalue weighted by molar-refractivity contribution is 5.76. The molecule has 100 valence electrons. The Bertz CT molecular complexity index is 508. The molecule has 1 fully saturated rings. The molecule has 5 nitrogen and oxygen atoms in total. The Morgan fingerprint density at radius 1 is 1.47 bits per heavy atom. The molecule has 0 bridgehead atoms. The number of hydrogen-bond donors (Lipinski definition) is 1. The van der Waals surface area contributed by atoms with E-state index in [1.165, 1.54) is 0 Å². The fourth-order valence-electron chi connectivity index (χ4n) is 1.87. The van der Waals surface area contributed by atoms with Crippen LogP contribution in [-0.2, 0) is 0 Å². The molecule has 0 saturated carbocycles. The summed E-state index contributed by atoms with van der Waals surface area (Å²) in [6.07, 6.45) is 5.32. The molecular formula is C14H16N2O3. The lowest BCUT2D eigenvalue weighted by Gasteiger charge is -2.15. The van der Waals surface area contributed by atoms with Gasteiger partial charge in [0.15, 0.2) is 11.5 Å². The molecule has 2 rings (SSSR count). The maximum Gasteiger partial charge on any atom is 0.317 e. The zero-order chi connectivity index (χ0) is 13.7. The van der Waals surface area contributed by atoms with E-state index in [2.05, 4.69) is 11.2 Å². The first-order chi connectivity index (χ1) is 9.24. The van der Waals surface area contributed by atoms with Gasteiger partial charge >= 0.3 is 6.03 Å². The minimum absolute atomic E-state index is 0.0433.